The average Bonchev–Trinajstić information content (AvgIpc) is 3.30. The van der Waals surface area contributed by atoms with Gasteiger partial charge in [0.2, 0.25) is 5.78 Å². The minimum atomic E-state index is -0.682. The molecule has 0 aliphatic carbocycles. The molecule has 0 fully saturated rings. The van der Waals surface area contributed by atoms with Gasteiger partial charge in [-0.15, -0.1) is 17.9 Å². The number of Topliss-reactive ketones (excluding diaryl/α,β-unsaturated/α-hetero) is 1. The van der Waals surface area contributed by atoms with Gasteiger partial charge in [-0.2, -0.15) is 0 Å². The number of carbonyl (C=O) groups is 2. The molecule has 2 heterocycles. The van der Waals surface area contributed by atoms with Gasteiger partial charge in [0.25, 0.3) is 5.91 Å². The lowest BCUT2D eigenvalue weighted by atomic mass is 9.95. The van der Waals surface area contributed by atoms with Crippen LogP contribution in [0.2, 0.25) is 0 Å². The van der Waals surface area contributed by atoms with Crippen LogP contribution in [0, 0.1) is 0 Å². The number of aliphatic hydroxyl groups is 1. The number of hydrogen-bond donors (Lipinski definition) is 1. The lowest BCUT2D eigenvalue weighted by Gasteiger charge is -2.25. The molecule has 138 valence electrons. The first-order valence-electron chi connectivity index (χ1n) is 8.35. The van der Waals surface area contributed by atoms with Gasteiger partial charge >= 0.3 is 0 Å². The minimum Gasteiger partial charge on any atom is -0.503 e. The molecule has 2 aromatic rings. The Morgan fingerprint density at radius 3 is 2.56 bits per heavy atom. The van der Waals surface area contributed by atoms with E-state index in [1.54, 1.807) is 53.9 Å². The van der Waals surface area contributed by atoms with E-state index in [1.165, 1.54) is 16.2 Å². The van der Waals surface area contributed by atoms with Gasteiger partial charge in [-0.1, -0.05) is 36.9 Å². The second kappa shape index (κ2) is 8.05. The van der Waals surface area contributed by atoms with E-state index in [2.05, 4.69) is 13.2 Å². The SMILES string of the molecule is C=CCOc1ccc([C@H]2C(C(=O)c3cccs3)=C(O)C(=O)N2CC=C)cc1. The van der Waals surface area contributed by atoms with Crippen LogP contribution in [0.1, 0.15) is 21.3 Å². The van der Waals surface area contributed by atoms with Crippen LogP contribution >= 0.6 is 11.3 Å². The van der Waals surface area contributed by atoms with Crippen LogP contribution in [0.25, 0.3) is 0 Å². The predicted molar refractivity (Wildman–Crippen MR) is 105 cm³/mol. The molecule has 0 spiro atoms. The van der Waals surface area contributed by atoms with Gasteiger partial charge in [0.15, 0.2) is 5.76 Å². The van der Waals surface area contributed by atoms with Crippen LogP contribution in [0.5, 0.6) is 5.75 Å². The Balaban J connectivity index is 2.01. The summed E-state index contributed by atoms with van der Waals surface area (Å²) in [4.78, 5) is 27.4. The van der Waals surface area contributed by atoms with E-state index in [9.17, 15) is 14.7 Å². The smallest absolute Gasteiger partial charge is 0.290 e. The number of ether oxygens (including phenoxy) is 1. The predicted octanol–water partition coefficient (Wildman–Crippen LogP) is 4.08. The molecular weight excluding hydrogens is 362 g/mol. The molecule has 1 atom stereocenters. The van der Waals surface area contributed by atoms with Gasteiger partial charge in [0.1, 0.15) is 12.4 Å². The van der Waals surface area contributed by atoms with Crippen molar-refractivity contribution in [3.63, 3.8) is 0 Å². The van der Waals surface area contributed by atoms with E-state index < -0.39 is 17.7 Å². The highest BCUT2D eigenvalue weighted by molar-refractivity contribution is 7.12. The van der Waals surface area contributed by atoms with Gasteiger partial charge in [0, 0.05) is 6.54 Å². The number of benzene rings is 1. The van der Waals surface area contributed by atoms with Crippen molar-refractivity contribution in [1.82, 2.24) is 4.90 Å². The summed E-state index contributed by atoms with van der Waals surface area (Å²) in [6.07, 6.45) is 3.21. The fourth-order valence-electron chi connectivity index (χ4n) is 3.00. The van der Waals surface area contributed by atoms with E-state index in [-0.39, 0.29) is 17.9 Å². The van der Waals surface area contributed by atoms with Crippen LogP contribution < -0.4 is 4.74 Å². The maximum Gasteiger partial charge on any atom is 0.290 e. The molecule has 1 N–H and O–H groups in total. The van der Waals surface area contributed by atoms with Gasteiger partial charge in [-0.3, -0.25) is 9.59 Å². The zero-order valence-electron chi connectivity index (χ0n) is 14.6. The Hall–Kier alpha value is -3.12. The molecular formula is C21H19NO4S. The number of aliphatic hydroxyl groups excluding tert-OH is 1. The number of thiophene rings is 1. The van der Waals surface area contributed by atoms with E-state index in [0.29, 0.717) is 22.8 Å². The number of rotatable bonds is 8. The highest BCUT2D eigenvalue weighted by atomic mass is 32.1. The summed E-state index contributed by atoms with van der Waals surface area (Å²) in [6, 6.07) is 9.85. The Kier molecular flexibility index (Phi) is 5.57. The van der Waals surface area contributed by atoms with Crippen molar-refractivity contribution in [3.05, 3.63) is 88.9 Å². The van der Waals surface area contributed by atoms with Crippen LogP contribution in [0.3, 0.4) is 0 Å². The van der Waals surface area contributed by atoms with Crippen LogP contribution in [0.15, 0.2) is 78.4 Å². The quantitative estimate of drug-likeness (QED) is 0.553. The molecule has 1 aromatic heterocycles. The third-order valence-electron chi connectivity index (χ3n) is 4.18. The second-order valence-electron chi connectivity index (χ2n) is 5.89. The first-order valence-corrected chi connectivity index (χ1v) is 9.23. The Bertz CT molecular complexity index is 897. The van der Waals surface area contributed by atoms with Crippen LogP contribution in [0.4, 0.5) is 0 Å². The van der Waals surface area contributed by atoms with E-state index in [1.807, 2.05) is 0 Å². The second-order valence-corrected chi connectivity index (χ2v) is 6.83. The average molecular weight is 381 g/mol. The van der Waals surface area contributed by atoms with E-state index in [4.69, 9.17) is 4.74 Å². The monoisotopic (exact) mass is 381 g/mol. The molecule has 1 aliphatic rings. The molecule has 3 rings (SSSR count). The fraction of sp³-hybridized carbons (Fsp3) is 0.143. The summed E-state index contributed by atoms with van der Waals surface area (Å²) in [5.74, 6) is -0.781. The largest absolute Gasteiger partial charge is 0.503 e. The summed E-state index contributed by atoms with van der Waals surface area (Å²) >= 11 is 1.27. The van der Waals surface area contributed by atoms with Crippen LogP contribution in [-0.4, -0.2) is 34.8 Å². The summed E-state index contributed by atoms with van der Waals surface area (Å²) in [7, 11) is 0. The zero-order valence-corrected chi connectivity index (χ0v) is 15.4. The Labute approximate surface area is 161 Å². The maximum absolute atomic E-state index is 13.0. The van der Waals surface area contributed by atoms with Crippen molar-refractivity contribution in [2.45, 2.75) is 6.04 Å². The van der Waals surface area contributed by atoms with E-state index in [0.717, 1.165) is 0 Å². The molecule has 0 unspecified atom stereocenters. The standard InChI is InChI=1S/C21H19NO4S/c1-3-11-22-18(14-7-9-15(10-8-14)26-12-4-2)17(20(24)21(22)25)19(23)16-6-5-13-27-16/h3-10,13,18,24H,1-2,11-12H2/t18-/m0/s1. The van der Waals surface area contributed by atoms with Gasteiger partial charge in [-0.05, 0) is 29.1 Å². The van der Waals surface area contributed by atoms with Crippen LogP contribution in [-0.2, 0) is 4.79 Å². The third-order valence-corrected chi connectivity index (χ3v) is 5.05. The highest BCUT2D eigenvalue weighted by Gasteiger charge is 2.43. The molecule has 1 aromatic carbocycles. The Morgan fingerprint density at radius 2 is 1.96 bits per heavy atom. The lowest BCUT2D eigenvalue weighted by molar-refractivity contribution is -0.128. The molecule has 27 heavy (non-hydrogen) atoms. The van der Waals surface area contributed by atoms with E-state index >= 15 is 0 Å². The van der Waals surface area contributed by atoms with Gasteiger partial charge < -0.3 is 14.7 Å². The number of nitrogens with zero attached hydrogens (tertiary/aromatic N) is 1. The molecule has 0 radical (unpaired) electrons. The first kappa shape index (κ1) is 18.7. The molecule has 0 saturated heterocycles. The lowest BCUT2D eigenvalue weighted by Crippen LogP contribution is -2.31. The number of ketones is 1. The highest BCUT2D eigenvalue weighted by Crippen LogP contribution is 2.39. The Morgan fingerprint density at radius 1 is 1.22 bits per heavy atom. The van der Waals surface area contributed by atoms with Crippen molar-refractivity contribution >= 4 is 23.0 Å². The zero-order chi connectivity index (χ0) is 19.4. The minimum absolute atomic E-state index is 0.0871. The van der Waals surface area contributed by atoms with Crippen molar-refractivity contribution in [2.75, 3.05) is 13.2 Å². The number of amides is 1. The molecule has 5 nitrogen and oxygen atoms in total. The molecule has 1 aliphatic heterocycles. The number of carbonyl (C=O) groups excluding carboxylic acids is 2. The van der Waals surface area contributed by atoms with Gasteiger partial charge in [-0.25, -0.2) is 0 Å². The number of hydrogen-bond acceptors (Lipinski definition) is 5. The van der Waals surface area contributed by atoms with Crippen molar-refractivity contribution in [1.29, 1.82) is 0 Å². The molecule has 0 bridgehead atoms. The molecule has 0 saturated carbocycles. The third kappa shape index (κ3) is 3.57. The topological polar surface area (TPSA) is 66.8 Å². The normalized spacial score (nSPS) is 16.5. The summed E-state index contributed by atoms with van der Waals surface area (Å²) in [5.41, 5.74) is 0.796. The van der Waals surface area contributed by atoms with Crippen molar-refractivity contribution < 1.29 is 19.4 Å². The maximum atomic E-state index is 13.0. The molecule has 6 heteroatoms. The summed E-state index contributed by atoms with van der Waals surface area (Å²) < 4.78 is 5.48. The fourth-order valence-corrected chi connectivity index (χ4v) is 3.68. The van der Waals surface area contributed by atoms with Gasteiger partial charge in [0.05, 0.1) is 16.5 Å². The summed E-state index contributed by atoms with van der Waals surface area (Å²) in [5, 5.41) is 12.2. The molecule has 1 amide bonds. The summed E-state index contributed by atoms with van der Waals surface area (Å²) in [6.45, 7) is 7.87. The van der Waals surface area contributed by atoms with Crippen molar-refractivity contribution in [2.24, 2.45) is 0 Å². The first-order chi connectivity index (χ1) is 13.1. The van der Waals surface area contributed by atoms with Crippen molar-refractivity contribution in [3.8, 4) is 5.75 Å².